The van der Waals surface area contributed by atoms with Crippen LogP contribution in [-0.4, -0.2) is 61.1 Å². The van der Waals surface area contributed by atoms with E-state index in [9.17, 15) is 4.79 Å². The van der Waals surface area contributed by atoms with Crippen LogP contribution in [0.3, 0.4) is 0 Å². The Balaban J connectivity index is 1.29. The third-order valence-electron chi connectivity index (χ3n) is 7.74. The number of nitrogens with zero attached hydrogens (tertiary/aromatic N) is 2. The Kier molecular flexibility index (Phi) is 7.14. The Bertz CT molecular complexity index is 970. The largest absolute Gasteiger partial charge is 0.381 e. The number of benzene rings is 1. The molecule has 0 N–H and O–H groups in total. The van der Waals surface area contributed by atoms with Gasteiger partial charge in [-0.1, -0.05) is 19.1 Å². The molecule has 3 saturated heterocycles. The van der Waals surface area contributed by atoms with Gasteiger partial charge in [-0.15, -0.1) is 11.3 Å². The number of carbonyl (C=O) groups is 1. The number of rotatable bonds is 5. The van der Waals surface area contributed by atoms with Crippen molar-refractivity contribution in [1.29, 1.82) is 0 Å². The van der Waals surface area contributed by atoms with Crippen LogP contribution >= 0.6 is 11.3 Å². The number of ether oxygens (including phenoxy) is 1. The molecule has 33 heavy (non-hydrogen) atoms. The smallest absolute Gasteiger partial charge is 0.264 e. The fourth-order valence-electron chi connectivity index (χ4n) is 5.72. The van der Waals surface area contributed by atoms with Gasteiger partial charge in [0.05, 0.1) is 4.88 Å². The molecule has 5 rings (SSSR count). The molecule has 1 aromatic carbocycles. The lowest BCUT2D eigenvalue weighted by Gasteiger charge is -2.39. The van der Waals surface area contributed by atoms with Crippen molar-refractivity contribution in [3.63, 3.8) is 0 Å². The van der Waals surface area contributed by atoms with E-state index in [-0.39, 0.29) is 17.6 Å². The van der Waals surface area contributed by atoms with Crippen LogP contribution in [0.25, 0.3) is 10.4 Å². The quantitative estimate of drug-likeness (QED) is 0.561. The van der Waals surface area contributed by atoms with Crippen LogP contribution in [0.5, 0.6) is 0 Å². The highest BCUT2D eigenvalue weighted by Gasteiger charge is 2.29. The fourth-order valence-corrected chi connectivity index (χ4v) is 6.93. The van der Waals surface area contributed by atoms with E-state index in [2.05, 4.69) is 24.0 Å². The predicted octanol–water partition coefficient (Wildman–Crippen LogP) is 5.71. The van der Waals surface area contributed by atoms with Crippen molar-refractivity contribution < 1.29 is 13.9 Å². The van der Waals surface area contributed by atoms with Crippen LogP contribution in [0.2, 0.25) is 0 Å². The van der Waals surface area contributed by atoms with Crippen LogP contribution in [0.15, 0.2) is 24.3 Å². The Hall–Kier alpha value is -1.76. The Morgan fingerprint density at radius 3 is 2.45 bits per heavy atom. The second-order valence-corrected chi connectivity index (χ2v) is 10.8. The van der Waals surface area contributed by atoms with Gasteiger partial charge in [0, 0.05) is 37.2 Å². The first-order valence-electron chi connectivity index (χ1n) is 12.7. The summed E-state index contributed by atoms with van der Waals surface area (Å²) in [5.41, 5.74) is 2.82. The highest BCUT2D eigenvalue weighted by Crippen LogP contribution is 2.37. The summed E-state index contributed by atoms with van der Waals surface area (Å²) in [5.74, 6) is 0.335. The molecule has 2 aromatic rings. The number of hydrogen-bond acceptors (Lipinski definition) is 4. The van der Waals surface area contributed by atoms with E-state index >= 15 is 4.39 Å². The monoisotopic (exact) mass is 470 g/mol. The van der Waals surface area contributed by atoms with Crippen molar-refractivity contribution in [2.75, 3.05) is 39.4 Å². The molecule has 0 bridgehead atoms. The molecule has 0 radical (unpaired) electrons. The molecule has 0 atom stereocenters. The number of halogens is 1. The molecule has 178 valence electrons. The van der Waals surface area contributed by atoms with Crippen LogP contribution in [0, 0.1) is 5.82 Å². The minimum Gasteiger partial charge on any atom is -0.381 e. The topological polar surface area (TPSA) is 32.8 Å². The first kappa shape index (κ1) is 23.0. The predicted molar refractivity (Wildman–Crippen MR) is 132 cm³/mol. The van der Waals surface area contributed by atoms with E-state index in [1.807, 2.05) is 11.0 Å². The van der Waals surface area contributed by atoms with Crippen LogP contribution in [-0.2, 0) is 11.2 Å². The summed E-state index contributed by atoms with van der Waals surface area (Å²) >= 11 is 1.52. The van der Waals surface area contributed by atoms with E-state index in [0.717, 1.165) is 111 Å². The van der Waals surface area contributed by atoms with Gasteiger partial charge in [-0.05, 0) is 92.8 Å². The summed E-state index contributed by atoms with van der Waals surface area (Å²) in [6, 6.07) is 8.46. The number of likely N-dealkylation sites (tertiary alicyclic amines) is 2. The van der Waals surface area contributed by atoms with Crippen molar-refractivity contribution in [2.45, 2.75) is 63.8 Å². The van der Waals surface area contributed by atoms with Gasteiger partial charge < -0.3 is 14.5 Å². The molecule has 1 aromatic heterocycles. The molecule has 1 amide bonds. The van der Waals surface area contributed by atoms with Crippen LogP contribution in [0.4, 0.5) is 4.39 Å². The molecule has 4 heterocycles. The van der Waals surface area contributed by atoms with E-state index < -0.39 is 0 Å². The number of aryl methyl sites for hydroxylation is 1. The molecule has 3 fully saturated rings. The standard InChI is InChI=1S/C27H35FN2O2S/c1-2-19-18-25(33-26(19)27(31)30-11-3-4-12-30)21-5-6-23(24(28)17-21)20-7-13-29(14-8-20)22-9-15-32-16-10-22/h5-6,17-18,20,22H,2-4,7-16H2,1H3. The zero-order valence-corrected chi connectivity index (χ0v) is 20.5. The molecular weight excluding hydrogens is 435 g/mol. The van der Waals surface area contributed by atoms with Crippen molar-refractivity contribution in [3.8, 4) is 10.4 Å². The molecule has 0 saturated carbocycles. The van der Waals surface area contributed by atoms with Crippen LogP contribution in [0.1, 0.15) is 72.2 Å². The number of carbonyl (C=O) groups excluding carboxylic acids is 1. The van der Waals surface area contributed by atoms with E-state index in [0.29, 0.717) is 6.04 Å². The minimum absolute atomic E-state index is 0.101. The van der Waals surface area contributed by atoms with Gasteiger partial charge in [-0.25, -0.2) is 4.39 Å². The van der Waals surface area contributed by atoms with Crippen molar-refractivity contribution in [1.82, 2.24) is 9.80 Å². The zero-order valence-electron chi connectivity index (χ0n) is 19.7. The maximum atomic E-state index is 15.3. The second-order valence-electron chi connectivity index (χ2n) is 9.71. The van der Waals surface area contributed by atoms with E-state index in [1.54, 1.807) is 6.07 Å². The maximum absolute atomic E-state index is 15.3. The fraction of sp³-hybridized carbons (Fsp3) is 0.593. The normalized spacial score (nSPS) is 21.1. The molecule has 0 aliphatic carbocycles. The van der Waals surface area contributed by atoms with E-state index in [1.165, 1.54) is 11.3 Å². The molecule has 4 nitrogen and oxygen atoms in total. The summed E-state index contributed by atoms with van der Waals surface area (Å²) in [4.78, 5) is 19.4. The summed E-state index contributed by atoms with van der Waals surface area (Å²) in [5, 5.41) is 0. The van der Waals surface area contributed by atoms with Gasteiger partial charge in [0.25, 0.3) is 5.91 Å². The summed E-state index contributed by atoms with van der Waals surface area (Å²) in [6.07, 6.45) is 7.27. The number of thiophene rings is 1. The molecular formula is C27H35FN2O2S. The van der Waals surface area contributed by atoms with Gasteiger partial charge in [0.15, 0.2) is 0 Å². The third-order valence-corrected chi connectivity index (χ3v) is 8.95. The van der Waals surface area contributed by atoms with Crippen molar-refractivity contribution in [3.05, 3.63) is 46.1 Å². The maximum Gasteiger partial charge on any atom is 0.264 e. The number of piperidine rings is 1. The van der Waals surface area contributed by atoms with Crippen molar-refractivity contribution >= 4 is 17.2 Å². The van der Waals surface area contributed by atoms with Gasteiger partial charge in [0.2, 0.25) is 0 Å². The number of hydrogen-bond donors (Lipinski definition) is 0. The van der Waals surface area contributed by atoms with Crippen molar-refractivity contribution in [2.24, 2.45) is 0 Å². The second kappa shape index (κ2) is 10.2. The molecule has 3 aliphatic rings. The highest BCUT2D eigenvalue weighted by atomic mass is 32.1. The highest BCUT2D eigenvalue weighted by molar-refractivity contribution is 7.17. The summed E-state index contributed by atoms with van der Waals surface area (Å²) < 4.78 is 20.8. The Morgan fingerprint density at radius 2 is 1.79 bits per heavy atom. The Morgan fingerprint density at radius 1 is 1.06 bits per heavy atom. The number of amides is 1. The SMILES string of the molecule is CCc1cc(-c2ccc(C3CCN(C4CCOCC4)CC3)c(F)c2)sc1C(=O)N1CCCC1. The summed E-state index contributed by atoms with van der Waals surface area (Å²) in [6.45, 7) is 7.62. The average molecular weight is 471 g/mol. The average Bonchev–Trinajstić information content (AvgIpc) is 3.55. The van der Waals surface area contributed by atoms with Crippen LogP contribution < -0.4 is 0 Å². The molecule has 3 aliphatic heterocycles. The molecule has 0 spiro atoms. The lowest BCUT2D eigenvalue weighted by atomic mass is 9.87. The van der Waals surface area contributed by atoms with Gasteiger partial charge in [-0.3, -0.25) is 4.79 Å². The van der Waals surface area contributed by atoms with Gasteiger partial charge in [-0.2, -0.15) is 0 Å². The zero-order chi connectivity index (χ0) is 22.8. The third kappa shape index (κ3) is 4.89. The lowest BCUT2D eigenvalue weighted by Crippen LogP contribution is -2.43. The lowest BCUT2D eigenvalue weighted by molar-refractivity contribution is 0.0250. The van der Waals surface area contributed by atoms with Gasteiger partial charge in [0.1, 0.15) is 5.82 Å². The molecule has 6 heteroatoms. The first-order chi connectivity index (χ1) is 16.1. The van der Waals surface area contributed by atoms with Gasteiger partial charge >= 0.3 is 0 Å². The first-order valence-corrected chi connectivity index (χ1v) is 13.5. The minimum atomic E-state index is -0.101. The van der Waals surface area contributed by atoms with E-state index in [4.69, 9.17) is 4.74 Å². The Labute approximate surface area is 200 Å². The molecule has 0 unspecified atom stereocenters. The summed E-state index contributed by atoms with van der Waals surface area (Å²) in [7, 11) is 0.